The van der Waals surface area contributed by atoms with Crippen LogP contribution in [0.1, 0.15) is 19.4 Å². The van der Waals surface area contributed by atoms with Crippen LogP contribution in [0.2, 0.25) is 0 Å². The monoisotopic (exact) mass is 304 g/mol. The van der Waals surface area contributed by atoms with Gasteiger partial charge in [-0.2, -0.15) is 24.1 Å². The smallest absolute Gasteiger partial charge is 0.279 e. The molecule has 1 aromatic rings. The molecule has 2 atom stereocenters. The second-order valence-electron chi connectivity index (χ2n) is 4.86. The highest BCUT2D eigenvalue weighted by Crippen LogP contribution is 2.13. The Kier molecular flexibility index (Phi) is 4.97. The summed E-state index contributed by atoms with van der Waals surface area (Å²) in [5.74, 6) is 0. The standard InChI is InChI=1S/C12H20N2O3S2/c1-10-7-14(8-11(2)17-10)19(15,16)13-5-3-12-4-6-18-9-12/h4,6,9-11,13H,3,5,7-8H2,1-2H3. The second kappa shape index (κ2) is 6.32. The summed E-state index contributed by atoms with van der Waals surface area (Å²) in [5.41, 5.74) is 1.16. The minimum Gasteiger partial charge on any atom is -0.373 e. The largest absolute Gasteiger partial charge is 0.373 e. The Morgan fingerprint density at radius 1 is 1.42 bits per heavy atom. The fourth-order valence-electron chi connectivity index (χ4n) is 2.18. The van der Waals surface area contributed by atoms with E-state index in [9.17, 15) is 8.42 Å². The molecule has 1 aliphatic heterocycles. The summed E-state index contributed by atoms with van der Waals surface area (Å²) >= 11 is 1.62. The van der Waals surface area contributed by atoms with E-state index in [0.717, 1.165) is 12.0 Å². The van der Waals surface area contributed by atoms with Gasteiger partial charge in [-0.05, 0) is 42.7 Å². The average molecular weight is 304 g/mol. The molecule has 0 bridgehead atoms. The van der Waals surface area contributed by atoms with Crippen LogP contribution < -0.4 is 4.72 Å². The second-order valence-corrected chi connectivity index (χ2v) is 7.39. The number of nitrogens with one attached hydrogen (secondary N) is 1. The van der Waals surface area contributed by atoms with Crippen LogP contribution in [0.3, 0.4) is 0 Å². The van der Waals surface area contributed by atoms with E-state index in [1.54, 1.807) is 11.3 Å². The first kappa shape index (κ1) is 14.9. The van der Waals surface area contributed by atoms with Gasteiger partial charge in [0.2, 0.25) is 0 Å². The van der Waals surface area contributed by atoms with E-state index >= 15 is 0 Å². The molecular weight excluding hydrogens is 284 g/mol. The van der Waals surface area contributed by atoms with Crippen LogP contribution in [0, 0.1) is 0 Å². The molecule has 1 N–H and O–H groups in total. The molecule has 108 valence electrons. The zero-order valence-corrected chi connectivity index (χ0v) is 12.8. The molecular formula is C12H20N2O3S2. The Morgan fingerprint density at radius 3 is 2.68 bits per heavy atom. The Hall–Kier alpha value is -0.470. The first-order valence-corrected chi connectivity index (χ1v) is 8.77. The van der Waals surface area contributed by atoms with Crippen molar-refractivity contribution in [3.05, 3.63) is 22.4 Å². The summed E-state index contributed by atoms with van der Waals surface area (Å²) in [4.78, 5) is 0. The van der Waals surface area contributed by atoms with Crippen LogP contribution in [-0.4, -0.2) is 44.6 Å². The lowest BCUT2D eigenvalue weighted by atomic mass is 10.2. The van der Waals surface area contributed by atoms with Crippen LogP contribution in [-0.2, 0) is 21.4 Å². The summed E-state index contributed by atoms with van der Waals surface area (Å²) in [5, 5.41) is 4.03. The lowest BCUT2D eigenvalue weighted by molar-refractivity contribution is -0.0443. The van der Waals surface area contributed by atoms with E-state index in [1.807, 2.05) is 30.7 Å². The maximum Gasteiger partial charge on any atom is 0.279 e. The van der Waals surface area contributed by atoms with Crippen LogP contribution in [0.25, 0.3) is 0 Å². The van der Waals surface area contributed by atoms with Gasteiger partial charge in [0.1, 0.15) is 0 Å². The highest BCUT2D eigenvalue weighted by atomic mass is 32.2. The number of hydrogen-bond donors (Lipinski definition) is 1. The van der Waals surface area contributed by atoms with Crippen molar-refractivity contribution < 1.29 is 13.2 Å². The molecule has 0 spiro atoms. The summed E-state index contributed by atoms with van der Waals surface area (Å²) in [7, 11) is -3.40. The van der Waals surface area contributed by atoms with Crippen molar-refractivity contribution in [2.75, 3.05) is 19.6 Å². The summed E-state index contributed by atoms with van der Waals surface area (Å²) in [6, 6.07) is 2.01. The Labute approximate surface area is 118 Å². The first-order valence-electron chi connectivity index (χ1n) is 6.38. The Balaban J connectivity index is 1.87. The molecule has 0 saturated carbocycles. The van der Waals surface area contributed by atoms with Crippen molar-refractivity contribution in [2.45, 2.75) is 32.5 Å². The van der Waals surface area contributed by atoms with E-state index in [2.05, 4.69) is 4.72 Å². The third-order valence-corrected chi connectivity index (χ3v) is 5.28. The first-order chi connectivity index (χ1) is 8.97. The van der Waals surface area contributed by atoms with Gasteiger partial charge in [-0.25, -0.2) is 4.72 Å². The predicted molar refractivity (Wildman–Crippen MR) is 76.5 cm³/mol. The molecule has 0 aromatic carbocycles. The van der Waals surface area contributed by atoms with Gasteiger partial charge in [-0.15, -0.1) is 0 Å². The zero-order valence-electron chi connectivity index (χ0n) is 11.2. The van der Waals surface area contributed by atoms with Gasteiger partial charge < -0.3 is 4.74 Å². The summed E-state index contributed by atoms with van der Waals surface area (Å²) in [6.07, 6.45) is 0.604. The predicted octanol–water partition coefficient (Wildman–Crippen LogP) is 1.23. The molecule has 0 radical (unpaired) electrons. The van der Waals surface area contributed by atoms with Gasteiger partial charge in [-0.3, -0.25) is 0 Å². The number of morpholine rings is 1. The van der Waals surface area contributed by atoms with Crippen molar-refractivity contribution in [2.24, 2.45) is 0 Å². The molecule has 0 amide bonds. The number of ether oxygens (including phenoxy) is 1. The molecule has 1 fully saturated rings. The fraction of sp³-hybridized carbons (Fsp3) is 0.667. The highest BCUT2D eigenvalue weighted by molar-refractivity contribution is 7.87. The SMILES string of the molecule is CC1CN(S(=O)(=O)NCCc2ccsc2)CC(C)O1. The van der Waals surface area contributed by atoms with Gasteiger partial charge in [-0.1, -0.05) is 0 Å². The molecule has 1 aromatic heterocycles. The lowest BCUT2D eigenvalue weighted by Crippen LogP contribution is -2.52. The fourth-order valence-corrected chi connectivity index (χ4v) is 4.24. The third kappa shape index (κ3) is 4.25. The van der Waals surface area contributed by atoms with Gasteiger partial charge in [0.15, 0.2) is 0 Å². The summed E-state index contributed by atoms with van der Waals surface area (Å²) < 4.78 is 34.0. The van der Waals surface area contributed by atoms with E-state index < -0.39 is 10.2 Å². The normalized spacial score (nSPS) is 25.6. The topological polar surface area (TPSA) is 58.6 Å². The lowest BCUT2D eigenvalue weighted by Gasteiger charge is -2.34. The van der Waals surface area contributed by atoms with Crippen LogP contribution in [0.5, 0.6) is 0 Å². The van der Waals surface area contributed by atoms with E-state index in [-0.39, 0.29) is 12.2 Å². The van der Waals surface area contributed by atoms with Gasteiger partial charge >= 0.3 is 0 Å². The van der Waals surface area contributed by atoms with E-state index in [4.69, 9.17) is 4.74 Å². The molecule has 19 heavy (non-hydrogen) atoms. The van der Waals surface area contributed by atoms with Crippen LogP contribution >= 0.6 is 11.3 Å². The minimum atomic E-state index is -3.40. The number of thiophene rings is 1. The maximum atomic E-state index is 12.2. The van der Waals surface area contributed by atoms with Crippen molar-refractivity contribution in [3.8, 4) is 0 Å². The average Bonchev–Trinajstić information content (AvgIpc) is 2.80. The maximum absolute atomic E-state index is 12.2. The van der Waals surface area contributed by atoms with Crippen molar-refractivity contribution in [1.82, 2.24) is 9.03 Å². The molecule has 5 nitrogen and oxygen atoms in total. The molecule has 1 aliphatic rings. The number of rotatable bonds is 5. The van der Waals surface area contributed by atoms with Crippen LogP contribution in [0.4, 0.5) is 0 Å². The molecule has 2 heterocycles. The Bertz CT molecular complexity index is 477. The third-order valence-electron chi connectivity index (χ3n) is 3.00. The van der Waals surface area contributed by atoms with E-state index in [1.165, 1.54) is 4.31 Å². The molecule has 0 aliphatic carbocycles. The van der Waals surface area contributed by atoms with Gasteiger partial charge in [0.25, 0.3) is 10.2 Å². The van der Waals surface area contributed by atoms with Crippen molar-refractivity contribution >= 4 is 21.5 Å². The minimum absolute atomic E-state index is 0.0581. The Morgan fingerprint density at radius 2 is 2.11 bits per heavy atom. The van der Waals surface area contributed by atoms with Gasteiger partial charge in [0, 0.05) is 19.6 Å². The van der Waals surface area contributed by atoms with E-state index in [0.29, 0.717) is 19.6 Å². The van der Waals surface area contributed by atoms with Gasteiger partial charge in [0.05, 0.1) is 12.2 Å². The molecule has 1 saturated heterocycles. The highest BCUT2D eigenvalue weighted by Gasteiger charge is 2.30. The quantitative estimate of drug-likeness (QED) is 0.890. The molecule has 7 heteroatoms. The molecule has 2 unspecified atom stereocenters. The zero-order chi connectivity index (χ0) is 13.9. The summed E-state index contributed by atoms with van der Waals surface area (Å²) in [6.45, 7) is 5.04. The van der Waals surface area contributed by atoms with Crippen molar-refractivity contribution in [1.29, 1.82) is 0 Å². The van der Waals surface area contributed by atoms with Crippen molar-refractivity contribution in [3.63, 3.8) is 0 Å². The van der Waals surface area contributed by atoms with Crippen LogP contribution in [0.15, 0.2) is 16.8 Å². The molecule has 2 rings (SSSR count). The number of nitrogens with zero attached hydrogens (tertiary/aromatic N) is 1. The number of hydrogen-bond acceptors (Lipinski definition) is 4.